The van der Waals surface area contributed by atoms with Crippen LogP contribution in [0.3, 0.4) is 0 Å². The molecule has 2 aromatic rings. The van der Waals surface area contributed by atoms with E-state index in [1.807, 2.05) is 36.5 Å². The summed E-state index contributed by atoms with van der Waals surface area (Å²) in [5.41, 5.74) is 11.3. The molecule has 0 unspecified atom stereocenters. The van der Waals surface area contributed by atoms with Gasteiger partial charge in [0.2, 0.25) is 0 Å². The zero-order chi connectivity index (χ0) is 11.0. The van der Waals surface area contributed by atoms with Gasteiger partial charge in [-0.2, -0.15) is 0 Å². The average molecular weight is 208 g/mol. The van der Waals surface area contributed by atoms with Crippen LogP contribution in [0.2, 0.25) is 0 Å². The molecule has 0 bridgehead atoms. The van der Waals surface area contributed by atoms with Crippen molar-refractivity contribution >= 4 is 11.4 Å². The van der Waals surface area contributed by atoms with E-state index < -0.39 is 0 Å². The predicted octanol–water partition coefficient (Wildman–Crippen LogP) is 3.04. The van der Waals surface area contributed by atoms with E-state index in [0.29, 0.717) is 0 Å². The van der Waals surface area contributed by atoms with Crippen molar-refractivity contribution in [1.82, 2.24) is 0 Å². The summed E-state index contributed by atoms with van der Waals surface area (Å²) in [5.74, 6) is 0. The predicted molar refractivity (Wildman–Crippen MR) is 67.7 cm³/mol. The maximum atomic E-state index is 6.02. The van der Waals surface area contributed by atoms with E-state index >= 15 is 0 Å². The molecule has 0 aromatic heterocycles. The number of rotatable bonds is 0. The third-order valence-corrected chi connectivity index (χ3v) is 2.84. The summed E-state index contributed by atoms with van der Waals surface area (Å²) in [7, 11) is 0. The Morgan fingerprint density at radius 1 is 0.750 bits per heavy atom. The summed E-state index contributed by atoms with van der Waals surface area (Å²) in [6.45, 7) is 0. The van der Waals surface area contributed by atoms with Gasteiger partial charge < -0.3 is 11.1 Å². The van der Waals surface area contributed by atoms with Gasteiger partial charge in [0, 0.05) is 23.0 Å². The number of hydrogen-bond donors (Lipinski definition) is 2. The van der Waals surface area contributed by atoms with Crippen molar-refractivity contribution in [3.63, 3.8) is 0 Å². The average Bonchev–Trinajstić information content (AvgIpc) is 2.49. The lowest BCUT2D eigenvalue weighted by Gasteiger charge is -2.08. The molecule has 2 heteroatoms. The Bertz CT molecular complexity index is 570. The smallest absolute Gasteiger partial charge is 0.0557 e. The highest BCUT2D eigenvalue weighted by molar-refractivity contribution is 5.89. The van der Waals surface area contributed by atoms with Crippen LogP contribution in [-0.4, -0.2) is 0 Å². The van der Waals surface area contributed by atoms with Gasteiger partial charge in [0.1, 0.15) is 0 Å². The molecule has 0 aliphatic carbocycles. The third-order valence-electron chi connectivity index (χ3n) is 2.84. The number of nitrogens with one attached hydrogen (secondary N) is 1. The van der Waals surface area contributed by atoms with Crippen molar-refractivity contribution in [3.8, 4) is 11.1 Å². The lowest BCUT2D eigenvalue weighted by Crippen LogP contribution is -1.98. The van der Waals surface area contributed by atoms with Crippen molar-refractivity contribution in [2.45, 2.75) is 0 Å². The van der Waals surface area contributed by atoms with Gasteiger partial charge in [-0.25, -0.2) is 0 Å². The molecule has 0 fully saturated rings. The van der Waals surface area contributed by atoms with Crippen LogP contribution in [0.25, 0.3) is 16.8 Å². The fraction of sp³-hybridized carbons (Fsp3) is 0. The standard InChI is InChI=1S/C14H12N2/c15-13-9-16-14-8-4-3-7-12(14)10-5-1-2-6-11(10)13/h1-9,16H,15H2. The Morgan fingerprint density at radius 2 is 1.38 bits per heavy atom. The van der Waals surface area contributed by atoms with E-state index in [2.05, 4.69) is 23.5 Å². The Morgan fingerprint density at radius 3 is 2.19 bits per heavy atom. The second-order valence-electron chi connectivity index (χ2n) is 3.84. The van der Waals surface area contributed by atoms with Gasteiger partial charge in [0.25, 0.3) is 0 Å². The molecule has 78 valence electrons. The lowest BCUT2D eigenvalue weighted by atomic mass is 9.98. The molecular weight excluding hydrogens is 196 g/mol. The number of nitrogens with two attached hydrogens (primary N) is 1. The molecule has 2 aromatic carbocycles. The number of benzene rings is 2. The molecule has 1 heterocycles. The Labute approximate surface area is 94.4 Å². The molecule has 16 heavy (non-hydrogen) atoms. The van der Waals surface area contributed by atoms with E-state index in [1.54, 1.807) is 0 Å². The largest absolute Gasteiger partial charge is 0.397 e. The number of hydrogen-bond acceptors (Lipinski definition) is 2. The molecule has 0 saturated carbocycles. The number of fused-ring (bicyclic) bond motifs is 3. The fourth-order valence-corrected chi connectivity index (χ4v) is 2.05. The van der Waals surface area contributed by atoms with Crippen molar-refractivity contribution in [2.24, 2.45) is 5.73 Å². The van der Waals surface area contributed by atoms with Crippen LogP contribution in [0, 0.1) is 0 Å². The van der Waals surface area contributed by atoms with Crippen molar-refractivity contribution < 1.29 is 0 Å². The minimum Gasteiger partial charge on any atom is -0.397 e. The maximum absolute atomic E-state index is 6.02. The summed E-state index contributed by atoms with van der Waals surface area (Å²) >= 11 is 0. The molecule has 0 atom stereocenters. The molecule has 0 radical (unpaired) electrons. The van der Waals surface area contributed by atoms with Crippen LogP contribution in [-0.2, 0) is 0 Å². The summed E-state index contributed by atoms with van der Waals surface area (Å²) in [6.07, 6.45) is 1.85. The van der Waals surface area contributed by atoms with Crippen molar-refractivity contribution in [3.05, 3.63) is 60.3 Å². The summed E-state index contributed by atoms with van der Waals surface area (Å²) in [5, 5.41) is 3.23. The van der Waals surface area contributed by atoms with E-state index in [1.165, 1.54) is 11.1 Å². The summed E-state index contributed by atoms with van der Waals surface area (Å²) in [4.78, 5) is 0. The van der Waals surface area contributed by atoms with Crippen LogP contribution in [0.1, 0.15) is 5.56 Å². The molecule has 1 aliphatic heterocycles. The summed E-state index contributed by atoms with van der Waals surface area (Å²) in [6, 6.07) is 16.4. The van der Waals surface area contributed by atoms with Gasteiger partial charge in [-0.05, 0) is 11.6 Å². The van der Waals surface area contributed by atoms with Gasteiger partial charge in [-0.15, -0.1) is 0 Å². The second kappa shape index (κ2) is 3.42. The molecule has 1 aliphatic rings. The molecule has 3 N–H and O–H groups in total. The minimum absolute atomic E-state index is 0.770. The maximum Gasteiger partial charge on any atom is 0.0557 e. The Kier molecular flexibility index (Phi) is 1.93. The highest BCUT2D eigenvalue weighted by atomic mass is 14.9. The van der Waals surface area contributed by atoms with Crippen molar-refractivity contribution in [2.75, 3.05) is 5.32 Å². The number of anilines is 1. The minimum atomic E-state index is 0.770. The second-order valence-corrected chi connectivity index (χ2v) is 3.84. The van der Waals surface area contributed by atoms with E-state index in [0.717, 1.165) is 16.9 Å². The SMILES string of the molecule is NC1=CNc2ccccc2-c2ccccc21. The first-order chi connectivity index (χ1) is 7.86. The quantitative estimate of drug-likeness (QED) is 0.698. The van der Waals surface area contributed by atoms with Crippen LogP contribution in [0.15, 0.2) is 54.7 Å². The lowest BCUT2D eigenvalue weighted by molar-refractivity contribution is 1.51. The topological polar surface area (TPSA) is 38.0 Å². The van der Waals surface area contributed by atoms with Crippen LogP contribution in [0.4, 0.5) is 5.69 Å². The highest BCUT2D eigenvalue weighted by Gasteiger charge is 2.12. The first kappa shape index (κ1) is 9.04. The number of para-hydroxylation sites is 1. The zero-order valence-corrected chi connectivity index (χ0v) is 8.77. The summed E-state index contributed by atoms with van der Waals surface area (Å²) < 4.78 is 0. The molecule has 3 rings (SSSR count). The van der Waals surface area contributed by atoms with E-state index in [9.17, 15) is 0 Å². The van der Waals surface area contributed by atoms with Gasteiger partial charge in [0.15, 0.2) is 0 Å². The Hall–Kier alpha value is -2.22. The first-order valence-electron chi connectivity index (χ1n) is 5.27. The monoisotopic (exact) mass is 208 g/mol. The normalized spacial score (nSPS) is 12.9. The van der Waals surface area contributed by atoms with E-state index in [4.69, 9.17) is 5.73 Å². The van der Waals surface area contributed by atoms with Crippen molar-refractivity contribution in [1.29, 1.82) is 0 Å². The molecule has 0 amide bonds. The van der Waals surface area contributed by atoms with E-state index in [-0.39, 0.29) is 0 Å². The third kappa shape index (κ3) is 1.27. The Balaban J connectivity index is 2.35. The molecule has 2 nitrogen and oxygen atoms in total. The van der Waals surface area contributed by atoms with Gasteiger partial charge in [-0.3, -0.25) is 0 Å². The van der Waals surface area contributed by atoms with Gasteiger partial charge in [0.05, 0.1) is 5.70 Å². The zero-order valence-electron chi connectivity index (χ0n) is 8.77. The fourth-order valence-electron chi connectivity index (χ4n) is 2.05. The van der Waals surface area contributed by atoms with Crippen LogP contribution < -0.4 is 11.1 Å². The first-order valence-corrected chi connectivity index (χ1v) is 5.27. The molecule has 0 saturated heterocycles. The molecular formula is C14H12N2. The molecule has 0 spiro atoms. The van der Waals surface area contributed by atoms with Crippen LogP contribution >= 0.6 is 0 Å². The van der Waals surface area contributed by atoms with Gasteiger partial charge >= 0.3 is 0 Å². The highest BCUT2D eigenvalue weighted by Crippen LogP contribution is 2.34. The van der Waals surface area contributed by atoms with Crippen LogP contribution in [0.5, 0.6) is 0 Å². The van der Waals surface area contributed by atoms with Gasteiger partial charge in [-0.1, -0.05) is 42.5 Å².